The number of thiazole rings is 1. The minimum Gasteiger partial charge on any atom is -0.536 e. The van der Waals surface area contributed by atoms with Crippen molar-refractivity contribution in [3.8, 4) is 5.75 Å². The zero-order valence-electron chi connectivity index (χ0n) is 22.2. The van der Waals surface area contributed by atoms with E-state index in [0.717, 1.165) is 53.0 Å². The topological polar surface area (TPSA) is 155 Å². The number of nitrogens with zero attached hydrogens (tertiary/aromatic N) is 3. The lowest BCUT2D eigenvalue weighted by molar-refractivity contribution is -0.153. The molecule has 1 aromatic heterocycles. The number of Topliss-reactive ketones (excluding diaryl/α,β-unsaturated/α-hetero) is 1. The van der Waals surface area contributed by atoms with Crippen LogP contribution >= 0.6 is 11.3 Å². The third-order valence-corrected chi connectivity index (χ3v) is 7.83. The molecule has 4 amide bonds. The lowest BCUT2D eigenvalue weighted by Gasteiger charge is -2.33. The Morgan fingerprint density at radius 2 is 2.05 bits per heavy atom. The molecule has 4 N–H and O–H groups in total. The van der Waals surface area contributed by atoms with E-state index in [9.17, 15) is 24.2 Å². The smallest absolute Gasteiger partial charge is 0.526 e. The van der Waals surface area contributed by atoms with E-state index in [1.54, 1.807) is 5.38 Å². The molecule has 11 nitrogen and oxygen atoms in total. The number of benzene rings is 1. The summed E-state index contributed by atoms with van der Waals surface area (Å²) in [5.74, 6) is -2.03. The standard InChI is InChI=1S/C26H34BN5O6S/c1-3-4-5-6-10-31-11-12-32(24(35)23(31)34)26(36)30-21(19-15-39-25(28)29-19)20(33)14-18-13-17-9-7-8-16(2)22(17)38-27(18)37/h7-9,15,18,21,37H,3-6,10-14H2,1-2H3,(H2,28,29)(H,30,36)/t18-,21?/m1/s1. The zero-order valence-corrected chi connectivity index (χ0v) is 23.0. The Morgan fingerprint density at radius 3 is 2.77 bits per heavy atom. The molecule has 0 bridgehead atoms. The van der Waals surface area contributed by atoms with Gasteiger partial charge in [0.1, 0.15) is 11.8 Å². The number of ketones is 1. The Kier molecular flexibility index (Phi) is 9.23. The third kappa shape index (κ3) is 6.59. The minimum absolute atomic E-state index is 0.0234. The Labute approximate surface area is 231 Å². The van der Waals surface area contributed by atoms with Crippen molar-refractivity contribution < 1.29 is 28.9 Å². The lowest BCUT2D eigenvalue weighted by atomic mass is 9.64. The summed E-state index contributed by atoms with van der Waals surface area (Å²) in [5, 5.41) is 15.0. The van der Waals surface area contributed by atoms with Gasteiger partial charge in [-0.2, -0.15) is 0 Å². The summed E-state index contributed by atoms with van der Waals surface area (Å²) in [5.41, 5.74) is 7.79. The highest BCUT2D eigenvalue weighted by atomic mass is 32.1. The number of aryl methyl sites for hydroxylation is 1. The van der Waals surface area contributed by atoms with Gasteiger partial charge in [-0.25, -0.2) is 9.78 Å². The van der Waals surface area contributed by atoms with Crippen molar-refractivity contribution in [1.29, 1.82) is 0 Å². The van der Waals surface area contributed by atoms with Crippen LogP contribution in [0.2, 0.25) is 5.82 Å². The van der Waals surface area contributed by atoms with Crippen molar-refractivity contribution >= 4 is 47.2 Å². The average Bonchev–Trinajstić information content (AvgIpc) is 3.34. The number of rotatable bonds is 10. The molecule has 2 aliphatic rings. The maximum Gasteiger partial charge on any atom is 0.526 e. The van der Waals surface area contributed by atoms with Crippen molar-refractivity contribution in [1.82, 2.24) is 20.1 Å². The molecular formula is C26H34BN5O6S. The van der Waals surface area contributed by atoms with E-state index in [4.69, 9.17) is 10.4 Å². The lowest BCUT2D eigenvalue weighted by Crippen LogP contribution is -2.59. The van der Waals surface area contributed by atoms with Crippen LogP contribution in [-0.4, -0.2) is 70.2 Å². The number of unbranched alkanes of at least 4 members (excludes halogenated alkanes) is 3. The second-order valence-corrected chi connectivity index (χ2v) is 10.9. The molecule has 4 rings (SSSR count). The molecule has 39 heavy (non-hydrogen) atoms. The molecule has 3 heterocycles. The number of hydrogen-bond donors (Lipinski definition) is 3. The maximum atomic E-state index is 13.5. The van der Waals surface area contributed by atoms with Crippen LogP contribution in [0, 0.1) is 6.92 Å². The fourth-order valence-electron chi connectivity index (χ4n) is 4.96. The monoisotopic (exact) mass is 555 g/mol. The number of anilines is 1. The van der Waals surface area contributed by atoms with Crippen LogP contribution in [0.5, 0.6) is 5.75 Å². The number of piperazine rings is 1. The number of urea groups is 1. The molecule has 0 spiro atoms. The molecular weight excluding hydrogens is 521 g/mol. The molecule has 2 aromatic rings. The minimum atomic E-state index is -1.22. The van der Waals surface area contributed by atoms with Crippen molar-refractivity contribution in [2.24, 2.45) is 0 Å². The van der Waals surface area contributed by atoms with Gasteiger partial charge in [0.2, 0.25) is 0 Å². The largest absolute Gasteiger partial charge is 0.536 e. The number of nitrogens with two attached hydrogens (primary N) is 1. The molecule has 0 saturated carbocycles. The number of nitrogen functional groups attached to an aromatic ring is 1. The van der Waals surface area contributed by atoms with Crippen molar-refractivity contribution in [2.45, 2.75) is 64.2 Å². The first-order chi connectivity index (χ1) is 18.7. The summed E-state index contributed by atoms with van der Waals surface area (Å²) in [6.45, 7) is 4.70. The SMILES string of the molecule is CCCCCCN1CCN(C(=O)NC(C(=O)C[C@H]2Cc3cccc(C)c3OB2O)c2csc(N)n2)C(=O)C1=O. The molecule has 208 valence electrons. The van der Waals surface area contributed by atoms with Crippen LogP contribution in [0.1, 0.15) is 61.9 Å². The Morgan fingerprint density at radius 1 is 1.26 bits per heavy atom. The van der Waals surface area contributed by atoms with Gasteiger partial charge in [0.15, 0.2) is 10.9 Å². The highest BCUT2D eigenvalue weighted by molar-refractivity contribution is 7.13. The van der Waals surface area contributed by atoms with E-state index in [2.05, 4.69) is 17.2 Å². The van der Waals surface area contributed by atoms with Crippen LogP contribution in [0.25, 0.3) is 0 Å². The first-order valence-corrected chi connectivity index (χ1v) is 14.2. The van der Waals surface area contributed by atoms with Crippen LogP contribution in [-0.2, 0) is 20.8 Å². The van der Waals surface area contributed by atoms with Gasteiger partial charge in [-0.1, -0.05) is 44.4 Å². The molecule has 1 fully saturated rings. The van der Waals surface area contributed by atoms with Gasteiger partial charge in [0.25, 0.3) is 0 Å². The van der Waals surface area contributed by atoms with E-state index < -0.39 is 42.6 Å². The first kappa shape index (κ1) is 28.6. The summed E-state index contributed by atoms with van der Waals surface area (Å²) in [6, 6.07) is 3.59. The molecule has 13 heteroatoms. The Balaban J connectivity index is 1.44. The summed E-state index contributed by atoms with van der Waals surface area (Å²) in [6.07, 6.45) is 4.17. The maximum absolute atomic E-state index is 13.5. The molecule has 1 saturated heterocycles. The highest BCUT2D eigenvalue weighted by Gasteiger charge is 2.41. The molecule has 0 aliphatic carbocycles. The molecule has 0 radical (unpaired) electrons. The van der Waals surface area contributed by atoms with E-state index in [1.165, 1.54) is 4.90 Å². The van der Waals surface area contributed by atoms with Gasteiger partial charge in [0, 0.05) is 37.3 Å². The average molecular weight is 555 g/mol. The first-order valence-electron chi connectivity index (χ1n) is 13.3. The number of fused-ring (bicyclic) bond motifs is 1. The molecule has 2 aliphatic heterocycles. The van der Waals surface area contributed by atoms with Crippen LogP contribution < -0.4 is 15.7 Å². The third-order valence-electron chi connectivity index (χ3n) is 7.14. The number of hydrogen-bond acceptors (Lipinski definition) is 9. The zero-order chi connectivity index (χ0) is 28.1. The number of imide groups is 1. The molecule has 1 aromatic carbocycles. The van der Waals surface area contributed by atoms with Gasteiger partial charge < -0.3 is 25.6 Å². The second kappa shape index (κ2) is 12.6. The van der Waals surface area contributed by atoms with Gasteiger partial charge >= 0.3 is 25.0 Å². The van der Waals surface area contributed by atoms with Crippen molar-refractivity contribution in [3.63, 3.8) is 0 Å². The predicted molar refractivity (Wildman–Crippen MR) is 147 cm³/mol. The Bertz CT molecular complexity index is 1240. The highest BCUT2D eigenvalue weighted by Crippen LogP contribution is 2.37. The fourth-order valence-corrected chi connectivity index (χ4v) is 5.55. The fraction of sp³-hybridized carbons (Fsp3) is 0.500. The summed E-state index contributed by atoms with van der Waals surface area (Å²) >= 11 is 1.11. The predicted octanol–water partition coefficient (Wildman–Crippen LogP) is 2.48. The summed E-state index contributed by atoms with van der Waals surface area (Å²) < 4.78 is 5.71. The van der Waals surface area contributed by atoms with Crippen molar-refractivity contribution in [3.05, 3.63) is 40.4 Å². The number of carbonyl (C=O) groups excluding carboxylic acids is 4. The van der Waals surface area contributed by atoms with Crippen LogP contribution in [0.4, 0.5) is 9.93 Å². The second-order valence-electron chi connectivity index (χ2n) is 10.0. The van der Waals surface area contributed by atoms with E-state index >= 15 is 0 Å². The van der Waals surface area contributed by atoms with E-state index in [0.29, 0.717) is 18.7 Å². The quantitative estimate of drug-likeness (QED) is 0.230. The van der Waals surface area contributed by atoms with Gasteiger partial charge in [-0.15, -0.1) is 11.3 Å². The number of amides is 4. The van der Waals surface area contributed by atoms with Crippen LogP contribution in [0.3, 0.4) is 0 Å². The number of para-hydroxylation sites is 1. The van der Waals surface area contributed by atoms with Crippen LogP contribution in [0.15, 0.2) is 23.6 Å². The summed E-state index contributed by atoms with van der Waals surface area (Å²) in [7, 11) is -1.20. The number of carbonyl (C=O) groups is 4. The van der Waals surface area contributed by atoms with Gasteiger partial charge in [-0.05, 0) is 30.9 Å². The van der Waals surface area contributed by atoms with Crippen molar-refractivity contribution in [2.75, 3.05) is 25.4 Å². The Hall–Kier alpha value is -3.45. The molecule has 2 atom stereocenters. The molecule has 1 unspecified atom stereocenters. The normalized spacial score (nSPS) is 18.0. The summed E-state index contributed by atoms with van der Waals surface area (Å²) in [4.78, 5) is 58.5. The van der Waals surface area contributed by atoms with E-state index in [-0.39, 0.29) is 30.3 Å². The number of nitrogens with one attached hydrogen (secondary N) is 1. The van der Waals surface area contributed by atoms with E-state index in [1.807, 2.05) is 25.1 Å². The number of aromatic nitrogens is 1. The van der Waals surface area contributed by atoms with Gasteiger partial charge in [0.05, 0.1) is 5.69 Å². The van der Waals surface area contributed by atoms with Gasteiger partial charge in [-0.3, -0.25) is 19.3 Å².